The van der Waals surface area contributed by atoms with E-state index in [4.69, 9.17) is 9.90 Å². The van der Waals surface area contributed by atoms with Crippen molar-refractivity contribution in [3.63, 3.8) is 0 Å². The summed E-state index contributed by atoms with van der Waals surface area (Å²) in [6.45, 7) is 10.1. The highest BCUT2D eigenvalue weighted by Gasteiger charge is 2.38. The van der Waals surface area contributed by atoms with Crippen molar-refractivity contribution in [1.82, 2.24) is 4.90 Å². The second-order valence-corrected chi connectivity index (χ2v) is 9.78. The van der Waals surface area contributed by atoms with Gasteiger partial charge in [-0.1, -0.05) is 19.1 Å². The van der Waals surface area contributed by atoms with Crippen LogP contribution in [-0.4, -0.2) is 74.4 Å². The number of hydrogen-bond donors (Lipinski definition) is 3. The molecule has 0 bridgehead atoms. The number of halogens is 3. The van der Waals surface area contributed by atoms with E-state index in [1.807, 2.05) is 13.0 Å². The number of hydrogen-bond acceptors (Lipinski definition) is 6. The van der Waals surface area contributed by atoms with Crippen LogP contribution in [0.3, 0.4) is 0 Å². The van der Waals surface area contributed by atoms with E-state index in [9.17, 15) is 31.5 Å². The van der Waals surface area contributed by atoms with Gasteiger partial charge in [-0.3, -0.25) is 4.72 Å². The van der Waals surface area contributed by atoms with Gasteiger partial charge in [-0.15, -0.1) is 0 Å². The van der Waals surface area contributed by atoms with Crippen LogP contribution < -0.4 is 9.62 Å². The number of carbonyl (C=O) groups is 2. The van der Waals surface area contributed by atoms with E-state index >= 15 is 0 Å². The SMILES string of the molecule is CCN1CCN(c2ccc(NS(=O)(=O)c3cc(C)ccc3C)c(C(=O)O)c2)CC1.O=C(O)C(F)(F)F. The van der Waals surface area contributed by atoms with Gasteiger partial charge in [0.25, 0.3) is 10.0 Å². The molecule has 3 rings (SSSR count). The summed E-state index contributed by atoms with van der Waals surface area (Å²) < 4.78 is 60.0. The van der Waals surface area contributed by atoms with Gasteiger partial charge in [-0.2, -0.15) is 13.2 Å². The van der Waals surface area contributed by atoms with Gasteiger partial charge in [0.2, 0.25) is 0 Å². The van der Waals surface area contributed by atoms with Crippen molar-refractivity contribution in [2.24, 2.45) is 0 Å². The van der Waals surface area contributed by atoms with Crippen LogP contribution in [0.4, 0.5) is 24.5 Å². The first kappa shape index (κ1) is 28.9. The fraction of sp³-hybridized carbons (Fsp3) is 0.391. The number of aryl methyl sites for hydroxylation is 2. The Kier molecular flexibility index (Phi) is 9.32. The molecule has 13 heteroatoms. The molecule has 1 heterocycles. The molecule has 0 aromatic heterocycles. The molecule has 1 saturated heterocycles. The number of rotatable bonds is 6. The number of carboxylic acid groups (broad SMARTS) is 2. The van der Waals surface area contributed by atoms with Crippen LogP contribution in [0.2, 0.25) is 0 Å². The monoisotopic (exact) mass is 531 g/mol. The molecule has 1 fully saturated rings. The third-order valence-electron chi connectivity index (χ3n) is 5.54. The van der Waals surface area contributed by atoms with Crippen LogP contribution in [0.1, 0.15) is 28.4 Å². The third-order valence-corrected chi connectivity index (χ3v) is 7.05. The zero-order valence-electron chi connectivity index (χ0n) is 20.0. The number of nitrogens with one attached hydrogen (secondary N) is 1. The first-order chi connectivity index (χ1) is 16.7. The predicted octanol–water partition coefficient (Wildman–Crippen LogP) is 3.58. The van der Waals surface area contributed by atoms with Crippen LogP contribution in [0.15, 0.2) is 41.3 Å². The molecule has 1 aliphatic rings. The number of aromatic carboxylic acids is 1. The molecule has 0 saturated carbocycles. The van der Waals surface area contributed by atoms with Crippen molar-refractivity contribution in [3.05, 3.63) is 53.1 Å². The highest BCUT2D eigenvalue weighted by atomic mass is 32.2. The molecule has 9 nitrogen and oxygen atoms in total. The Balaban J connectivity index is 0.000000572. The van der Waals surface area contributed by atoms with Crippen molar-refractivity contribution in [3.8, 4) is 0 Å². The summed E-state index contributed by atoms with van der Waals surface area (Å²) in [4.78, 5) is 25.3. The molecule has 36 heavy (non-hydrogen) atoms. The highest BCUT2D eigenvalue weighted by molar-refractivity contribution is 7.92. The Hall–Kier alpha value is -3.32. The molecule has 0 radical (unpaired) electrons. The number of benzene rings is 2. The summed E-state index contributed by atoms with van der Waals surface area (Å²) in [5.41, 5.74) is 2.21. The minimum absolute atomic E-state index is 0.0608. The molecule has 0 spiro atoms. The van der Waals surface area contributed by atoms with Crippen LogP contribution in [0.25, 0.3) is 0 Å². The highest BCUT2D eigenvalue weighted by Crippen LogP contribution is 2.27. The number of piperazine rings is 1. The summed E-state index contributed by atoms with van der Waals surface area (Å²) in [6.07, 6.45) is -5.08. The summed E-state index contributed by atoms with van der Waals surface area (Å²) >= 11 is 0. The molecule has 0 atom stereocenters. The lowest BCUT2D eigenvalue weighted by molar-refractivity contribution is -0.192. The number of alkyl halides is 3. The number of carboxylic acids is 2. The molecule has 0 unspecified atom stereocenters. The number of sulfonamides is 1. The van der Waals surface area contributed by atoms with E-state index in [0.29, 0.717) is 5.56 Å². The quantitative estimate of drug-likeness (QED) is 0.516. The average Bonchev–Trinajstić information content (AvgIpc) is 2.80. The Morgan fingerprint density at radius 3 is 2.08 bits per heavy atom. The van der Waals surface area contributed by atoms with Crippen molar-refractivity contribution < 1.29 is 41.4 Å². The van der Waals surface area contributed by atoms with Crippen molar-refractivity contribution >= 4 is 33.3 Å². The maximum atomic E-state index is 12.9. The van der Waals surface area contributed by atoms with Gasteiger partial charge >= 0.3 is 18.1 Å². The van der Waals surface area contributed by atoms with E-state index in [1.165, 1.54) is 6.07 Å². The second kappa shape index (κ2) is 11.6. The fourth-order valence-electron chi connectivity index (χ4n) is 3.51. The molecule has 2 aromatic rings. The maximum absolute atomic E-state index is 12.9. The third kappa shape index (κ3) is 7.59. The number of aliphatic carboxylic acids is 1. The maximum Gasteiger partial charge on any atom is 0.490 e. The van der Waals surface area contributed by atoms with E-state index in [0.717, 1.165) is 44.0 Å². The molecule has 3 N–H and O–H groups in total. The van der Waals surface area contributed by atoms with Gasteiger partial charge in [0, 0.05) is 31.9 Å². The summed E-state index contributed by atoms with van der Waals surface area (Å²) in [5, 5.41) is 16.8. The summed E-state index contributed by atoms with van der Waals surface area (Å²) in [5.74, 6) is -3.93. The minimum atomic E-state index is -5.08. The topological polar surface area (TPSA) is 127 Å². The standard InChI is InChI=1S/C21H27N3O4S.C2HF3O2/c1-4-23-9-11-24(12-10-23)17-7-8-19(18(14-17)21(25)26)22-29(27,28)20-13-15(2)5-6-16(20)3;3-2(4,5)1(6)7/h5-8,13-14,22H,4,9-12H2,1-3H3,(H,25,26);(H,6,7). The van der Waals surface area contributed by atoms with Gasteiger partial charge < -0.3 is 20.0 Å². The number of anilines is 2. The first-order valence-corrected chi connectivity index (χ1v) is 12.4. The van der Waals surface area contributed by atoms with Crippen LogP contribution in [0, 0.1) is 13.8 Å². The Labute approximate surface area is 207 Å². The zero-order valence-corrected chi connectivity index (χ0v) is 20.8. The van der Waals surface area contributed by atoms with Gasteiger partial charge in [-0.25, -0.2) is 18.0 Å². The van der Waals surface area contributed by atoms with Crippen LogP contribution in [-0.2, 0) is 14.8 Å². The van der Waals surface area contributed by atoms with Crippen molar-refractivity contribution in [1.29, 1.82) is 0 Å². The normalized spacial score (nSPS) is 14.6. The van der Waals surface area contributed by atoms with Crippen molar-refractivity contribution in [2.45, 2.75) is 31.8 Å². The van der Waals surface area contributed by atoms with E-state index < -0.39 is 28.1 Å². The lowest BCUT2D eigenvalue weighted by Gasteiger charge is -2.35. The molecular weight excluding hydrogens is 503 g/mol. The molecular formula is C23H28F3N3O6S. The molecule has 1 aliphatic heterocycles. The fourth-order valence-corrected chi connectivity index (χ4v) is 4.92. The summed E-state index contributed by atoms with van der Waals surface area (Å²) in [7, 11) is -3.90. The van der Waals surface area contributed by atoms with Gasteiger partial charge in [0.05, 0.1) is 16.1 Å². The average molecular weight is 532 g/mol. The van der Waals surface area contributed by atoms with Crippen molar-refractivity contribution in [2.75, 3.05) is 42.3 Å². The molecule has 0 aliphatic carbocycles. The van der Waals surface area contributed by atoms with Gasteiger partial charge in [0.1, 0.15) is 0 Å². The van der Waals surface area contributed by atoms with Gasteiger partial charge in [-0.05, 0) is 55.8 Å². The van der Waals surface area contributed by atoms with E-state index in [1.54, 1.807) is 31.2 Å². The molecule has 198 valence electrons. The molecule has 0 amide bonds. The Morgan fingerprint density at radius 2 is 1.58 bits per heavy atom. The number of likely N-dealkylation sites (N-methyl/N-ethyl adjacent to an activating group) is 1. The Morgan fingerprint density at radius 1 is 1.00 bits per heavy atom. The number of nitrogens with zero attached hydrogens (tertiary/aromatic N) is 2. The van der Waals surface area contributed by atoms with E-state index in [2.05, 4.69) is 21.4 Å². The minimum Gasteiger partial charge on any atom is -0.478 e. The summed E-state index contributed by atoms with van der Waals surface area (Å²) in [6, 6.07) is 10.0. The van der Waals surface area contributed by atoms with Crippen LogP contribution in [0.5, 0.6) is 0 Å². The predicted molar refractivity (Wildman–Crippen MR) is 128 cm³/mol. The largest absolute Gasteiger partial charge is 0.490 e. The Bertz CT molecular complexity index is 1210. The van der Waals surface area contributed by atoms with Crippen LogP contribution >= 0.6 is 0 Å². The second-order valence-electron chi connectivity index (χ2n) is 8.13. The zero-order chi connectivity index (χ0) is 27.3. The van der Waals surface area contributed by atoms with E-state index in [-0.39, 0.29) is 16.1 Å². The van der Waals surface area contributed by atoms with Gasteiger partial charge in [0.15, 0.2) is 0 Å². The molecule has 2 aromatic carbocycles. The first-order valence-electron chi connectivity index (χ1n) is 10.9. The smallest absolute Gasteiger partial charge is 0.478 e. The lowest BCUT2D eigenvalue weighted by Crippen LogP contribution is -2.46. The lowest BCUT2D eigenvalue weighted by atomic mass is 10.1.